The van der Waals surface area contributed by atoms with Crippen molar-refractivity contribution in [1.82, 2.24) is 0 Å². The average molecular weight is 443 g/mol. The lowest BCUT2D eigenvalue weighted by atomic mass is 9.98. The first kappa shape index (κ1) is 29.9. The van der Waals surface area contributed by atoms with E-state index in [1.165, 1.54) is 77.0 Å². The highest BCUT2D eigenvalue weighted by atomic mass is 16.5. The number of carboxylic acid groups (broad SMARTS) is 1. The molecule has 0 aromatic heterocycles. The summed E-state index contributed by atoms with van der Waals surface area (Å²) in [5, 5.41) is 9.02. The summed E-state index contributed by atoms with van der Waals surface area (Å²) in [5.41, 5.74) is 0. The highest BCUT2D eigenvalue weighted by Gasteiger charge is 2.24. The van der Waals surface area contributed by atoms with Gasteiger partial charge in [-0.3, -0.25) is 9.59 Å². The van der Waals surface area contributed by atoms with Crippen molar-refractivity contribution in [3.05, 3.63) is 0 Å². The molecule has 0 aromatic carbocycles. The van der Waals surface area contributed by atoms with Crippen molar-refractivity contribution in [2.24, 2.45) is 5.92 Å². The van der Waals surface area contributed by atoms with Gasteiger partial charge in [-0.05, 0) is 12.3 Å². The van der Waals surface area contributed by atoms with E-state index in [9.17, 15) is 9.59 Å². The van der Waals surface area contributed by atoms with Gasteiger partial charge < -0.3 is 14.3 Å². The molecule has 0 saturated heterocycles. The minimum atomic E-state index is -0.923. The smallest absolute Gasteiger partial charge is 0.307 e. The topological polar surface area (TPSA) is 63.6 Å². The molecule has 0 spiro atoms. The van der Waals surface area contributed by atoms with E-state index in [2.05, 4.69) is 13.8 Å². The van der Waals surface area contributed by atoms with Gasteiger partial charge in [0.25, 0.3) is 0 Å². The highest BCUT2D eigenvalue weighted by molar-refractivity contribution is 5.71. The lowest BCUT2D eigenvalue weighted by molar-refractivity contribution is -0.873. The molecule has 31 heavy (non-hydrogen) atoms. The maximum absolute atomic E-state index is 12.1. The normalized spacial score (nSPS) is 13.7. The van der Waals surface area contributed by atoms with Gasteiger partial charge in [-0.15, -0.1) is 0 Å². The van der Waals surface area contributed by atoms with Crippen molar-refractivity contribution >= 4 is 11.9 Å². The molecular formula is C26H52NO4+. The quantitative estimate of drug-likeness (QED) is 0.124. The molecule has 1 N–H and O–H groups in total. The summed E-state index contributed by atoms with van der Waals surface area (Å²) in [6, 6.07) is 0. The molecule has 0 heterocycles. The Kier molecular flexibility index (Phi) is 17.8. The Balaban J connectivity index is 3.58. The third-order valence-electron chi connectivity index (χ3n) is 5.81. The first-order valence-electron chi connectivity index (χ1n) is 12.9. The van der Waals surface area contributed by atoms with E-state index in [1.54, 1.807) is 0 Å². The van der Waals surface area contributed by atoms with Crippen LogP contribution in [0.4, 0.5) is 0 Å². The molecule has 5 nitrogen and oxygen atoms in total. The minimum Gasteiger partial charge on any atom is -0.481 e. The summed E-state index contributed by atoms with van der Waals surface area (Å²) in [5.74, 6) is -0.280. The molecule has 0 aliphatic carbocycles. The predicted octanol–water partition coefficient (Wildman–Crippen LogP) is 6.59. The first-order chi connectivity index (χ1) is 14.6. The van der Waals surface area contributed by atoms with E-state index in [-0.39, 0.29) is 12.4 Å². The maximum atomic E-state index is 12.1. The van der Waals surface area contributed by atoms with Crippen LogP contribution in [-0.4, -0.2) is 55.3 Å². The molecule has 5 heteroatoms. The van der Waals surface area contributed by atoms with Crippen LogP contribution in [0, 0.1) is 5.92 Å². The van der Waals surface area contributed by atoms with Gasteiger partial charge in [0.05, 0.1) is 27.6 Å². The van der Waals surface area contributed by atoms with Gasteiger partial charge in [0.15, 0.2) is 6.10 Å². The van der Waals surface area contributed by atoms with Crippen LogP contribution < -0.4 is 0 Å². The van der Waals surface area contributed by atoms with Crippen LogP contribution in [0.3, 0.4) is 0 Å². The SMILES string of the molecule is CCCC(C)CCCCCCCCCCCCCC(=O)OC(CC(=O)O)C[N+](C)(C)C. The largest absolute Gasteiger partial charge is 0.481 e. The van der Waals surface area contributed by atoms with E-state index < -0.39 is 12.1 Å². The van der Waals surface area contributed by atoms with Crippen LogP contribution in [-0.2, 0) is 14.3 Å². The van der Waals surface area contributed by atoms with Gasteiger partial charge in [-0.2, -0.15) is 0 Å². The fraction of sp³-hybridized carbons (Fsp3) is 0.923. The molecule has 2 unspecified atom stereocenters. The van der Waals surface area contributed by atoms with Gasteiger partial charge in [-0.1, -0.05) is 97.3 Å². The Hall–Kier alpha value is -1.10. The van der Waals surface area contributed by atoms with E-state index in [4.69, 9.17) is 9.84 Å². The van der Waals surface area contributed by atoms with Gasteiger partial charge in [0.2, 0.25) is 0 Å². The number of carboxylic acids is 1. The molecular weight excluding hydrogens is 390 g/mol. The Morgan fingerprint density at radius 1 is 0.806 bits per heavy atom. The average Bonchev–Trinajstić information content (AvgIpc) is 2.63. The van der Waals surface area contributed by atoms with Crippen molar-refractivity contribution in [2.75, 3.05) is 27.7 Å². The van der Waals surface area contributed by atoms with Gasteiger partial charge in [0, 0.05) is 6.42 Å². The fourth-order valence-electron chi connectivity index (χ4n) is 4.18. The summed E-state index contributed by atoms with van der Waals surface area (Å²) in [7, 11) is 5.91. The summed E-state index contributed by atoms with van der Waals surface area (Å²) in [6.07, 6.45) is 17.6. The van der Waals surface area contributed by atoms with Crippen LogP contribution >= 0.6 is 0 Å². The van der Waals surface area contributed by atoms with Crippen molar-refractivity contribution in [3.63, 3.8) is 0 Å². The van der Waals surface area contributed by atoms with E-state index in [0.717, 1.165) is 18.8 Å². The molecule has 0 aromatic rings. The molecule has 0 saturated carbocycles. The zero-order chi connectivity index (χ0) is 23.5. The standard InChI is InChI=1S/C26H51NO4/c1-6-18-23(2)19-16-14-12-10-8-7-9-11-13-15-17-20-26(30)31-24(21-25(28)29)22-27(3,4)5/h23-24H,6-22H2,1-5H3/p+1. The molecule has 2 atom stereocenters. The van der Waals surface area contributed by atoms with Crippen LogP contribution in [0.5, 0.6) is 0 Å². The Bertz CT molecular complexity index is 459. The fourth-order valence-corrected chi connectivity index (χ4v) is 4.18. The lowest BCUT2D eigenvalue weighted by Crippen LogP contribution is -2.43. The maximum Gasteiger partial charge on any atom is 0.307 e. The third-order valence-corrected chi connectivity index (χ3v) is 5.81. The minimum absolute atomic E-state index is 0.126. The molecule has 0 amide bonds. The molecule has 0 fully saturated rings. The number of hydrogen-bond acceptors (Lipinski definition) is 3. The summed E-state index contributed by atoms with van der Waals surface area (Å²) >= 11 is 0. The van der Waals surface area contributed by atoms with Crippen molar-refractivity contribution in [1.29, 1.82) is 0 Å². The second-order valence-corrected chi connectivity index (χ2v) is 10.5. The Morgan fingerprint density at radius 3 is 1.74 bits per heavy atom. The number of ether oxygens (including phenoxy) is 1. The number of quaternary nitrogens is 1. The van der Waals surface area contributed by atoms with E-state index >= 15 is 0 Å². The first-order valence-corrected chi connectivity index (χ1v) is 12.9. The predicted molar refractivity (Wildman–Crippen MR) is 129 cm³/mol. The summed E-state index contributed by atoms with van der Waals surface area (Å²) < 4.78 is 6.00. The number of likely N-dealkylation sites (N-methyl/N-ethyl adjacent to an activating group) is 1. The molecule has 0 aliphatic rings. The molecule has 0 rings (SSSR count). The highest BCUT2D eigenvalue weighted by Crippen LogP contribution is 2.17. The number of rotatable bonds is 21. The summed E-state index contributed by atoms with van der Waals surface area (Å²) in [6.45, 7) is 5.17. The van der Waals surface area contributed by atoms with E-state index in [1.807, 2.05) is 21.1 Å². The second-order valence-electron chi connectivity index (χ2n) is 10.5. The van der Waals surface area contributed by atoms with Crippen LogP contribution in [0.25, 0.3) is 0 Å². The van der Waals surface area contributed by atoms with Crippen LogP contribution in [0.2, 0.25) is 0 Å². The number of hydrogen-bond donors (Lipinski definition) is 1. The Morgan fingerprint density at radius 2 is 1.29 bits per heavy atom. The van der Waals surface area contributed by atoms with Gasteiger partial charge in [0.1, 0.15) is 6.54 Å². The molecule has 184 valence electrons. The summed E-state index contributed by atoms with van der Waals surface area (Å²) in [4.78, 5) is 23.0. The zero-order valence-electron chi connectivity index (χ0n) is 21.3. The second kappa shape index (κ2) is 18.5. The van der Waals surface area contributed by atoms with Gasteiger partial charge in [-0.25, -0.2) is 0 Å². The van der Waals surface area contributed by atoms with E-state index in [0.29, 0.717) is 17.4 Å². The number of carbonyl (C=O) groups excluding carboxylic acids is 1. The van der Waals surface area contributed by atoms with Crippen LogP contribution in [0.1, 0.15) is 117 Å². The van der Waals surface area contributed by atoms with Crippen molar-refractivity contribution in [3.8, 4) is 0 Å². The molecule has 0 aliphatic heterocycles. The van der Waals surface area contributed by atoms with Crippen LogP contribution in [0.15, 0.2) is 0 Å². The Labute approximate surface area is 192 Å². The number of unbranched alkanes of at least 4 members (excludes halogenated alkanes) is 10. The number of nitrogens with zero attached hydrogens (tertiary/aromatic N) is 1. The lowest BCUT2D eigenvalue weighted by Gasteiger charge is -2.28. The molecule has 0 radical (unpaired) electrons. The van der Waals surface area contributed by atoms with Crippen molar-refractivity contribution < 1.29 is 23.9 Å². The third kappa shape index (κ3) is 21.9. The number of carbonyl (C=O) groups is 2. The van der Waals surface area contributed by atoms with Crippen molar-refractivity contribution in [2.45, 2.75) is 123 Å². The monoisotopic (exact) mass is 442 g/mol. The molecule has 0 bridgehead atoms. The van der Waals surface area contributed by atoms with Gasteiger partial charge >= 0.3 is 11.9 Å². The zero-order valence-corrected chi connectivity index (χ0v) is 21.3. The number of esters is 1. The number of aliphatic carboxylic acids is 1.